The average molecular weight is 391 g/mol. The second-order valence-electron chi connectivity index (χ2n) is 10.7. The summed E-state index contributed by atoms with van der Waals surface area (Å²) in [6.45, 7) is 4.66. The lowest BCUT2D eigenvalue weighted by molar-refractivity contribution is -0.0376. The highest BCUT2D eigenvalue weighted by Crippen LogP contribution is 2.62. The molecule has 2 bridgehead atoms. The monoisotopic (exact) mass is 390 g/mol. The lowest BCUT2D eigenvalue weighted by atomic mass is 9.48. The number of hydrogen-bond acceptors (Lipinski definition) is 0. The largest absolute Gasteiger partial charge is 0.0911 e. The Balaban J connectivity index is 1.34. The maximum atomic E-state index is 3.80. The SMILES string of the molecule is CCCCCc1ccc(C#CC23CCC(C4CCC(CC)CC4)(CC2)CC3)cc1. The van der Waals surface area contributed by atoms with Crippen LogP contribution in [0, 0.1) is 34.5 Å². The predicted octanol–water partition coefficient (Wildman–Crippen LogP) is 8.33. The van der Waals surface area contributed by atoms with Gasteiger partial charge in [0.15, 0.2) is 0 Å². The Hall–Kier alpha value is -1.22. The molecule has 0 spiro atoms. The van der Waals surface area contributed by atoms with E-state index in [9.17, 15) is 0 Å². The van der Waals surface area contributed by atoms with Crippen molar-refractivity contribution in [1.82, 2.24) is 0 Å². The van der Waals surface area contributed by atoms with E-state index in [1.807, 2.05) is 0 Å². The van der Waals surface area contributed by atoms with Gasteiger partial charge in [-0.3, -0.25) is 0 Å². The molecule has 1 aromatic carbocycles. The molecule has 0 nitrogen and oxygen atoms in total. The Bertz CT molecular complexity index is 680. The topological polar surface area (TPSA) is 0 Å². The van der Waals surface area contributed by atoms with Crippen molar-refractivity contribution in [3.63, 3.8) is 0 Å². The molecule has 4 saturated carbocycles. The third kappa shape index (κ3) is 4.76. The van der Waals surface area contributed by atoms with Gasteiger partial charge in [0.1, 0.15) is 0 Å². The minimum Gasteiger partial charge on any atom is -0.0911 e. The van der Waals surface area contributed by atoms with Gasteiger partial charge in [0.2, 0.25) is 0 Å². The van der Waals surface area contributed by atoms with Crippen LogP contribution in [0.25, 0.3) is 0 Å². The summed E-state index contributed by atoms with van der Waals surface area (Å²) in [4.78, 5) is 0. The van der Waals surface area contributed by atoms with Crippen molar-refractivity contribution >= 4 is 0 Å². The zero-order valence-electron chi connectivity index (χ0n) is 19.1. The number of hydrogen-bond donors (Lipinski definition) is 0. The summed E-state index contributed by atoms with van der Waals surface area (Å²) < 4.78 is 0. The standard InChI is InChI=1S/C29H42/c1-3-5-6-7-25-8-10-26(11-9-25)16-17-28-18-21-29(22-19-28,23-20-28)27-14-12-24(4-2)13-15-27/h8-11,24,27H,3-7,12-15,18-23H2,1-2H3. The number of benzene rings is 1. The molecule has 29 heavy (non-hydrogen) atoms. The quantitative estimate of drug-likeness (QED) is 0.338. The molecule has 0 radical (unpaired) electrons. The van der Waals surface area contributed by atoms with E-state index in [4.69, 9.17) is 0 Å². The van der Waals surface area contributed by atoms with Gasteiger partial charge in [0.05, 0.1) is 0 Å². The van der Waals surface area contributed by atoms with Crippen LogP contribution in [0.4, 0.5) is 0 Å². The molecule has 1 aromatic rings. The Morgan fingerprint density at radius 2 is 1.48 bits per heavy atom. The highest BCUT2D eigenvalue weighted by atomic mass is 14.6. The fourth-order valence-corrected chi connectivity index (χ4v) is 6.74. The molecule has 5 rings (SSSR count). The van der Waals surface area contributed by atoms with Crippen molar-refractivity contribution in [2.45, 2.75) is 110 Å². The van der Waals surface area contributed by atoms with Gasteiger partial charge < -0.3 is 0 Å². The van der Waals surface area contributed by atoms with Gasteiger partial charge in [-0.2, -0.15) is 0 Å². The van der Waals surface area contributed by atoms with Crippen molar-refractivity contribution in [1.29, 1.82) is 0 Å². The summed E-state index contributed by atoms with van der Waals surface area (Å²) in [5.41, 5.74) is 3.73. The van der Waals surface area contributed by atoms with Gasteiger partial charge in [-0.25, -0.2) is 0 Å². The molecule has 0 atom stereocenters. The summed E-state index contributed by atoms with van der Waals surface area (Å²) in [7, 11) is 0. The van der Waals surface area contributed by atoms with Crippen molar-refractivity contribution < 1.29 is 0 Å². The Kier molecular flexibility index (Phi) is 6.73. The second kappa shape index (κ2) is 9.29. The Morgan fingerprint density at radius 3 is 2.07 bits per heavy atom. The zero-order chi connectivity index (χ0) is 20.2. The van der Waals surface area contributed by atoms with E-state index >= 15 is 0 Å². The van der Waals surface area contributed by atoms with E-state index in [0.717, 1.165) is 11.8 Å². The normalized spacial score (nSPS) is 33.9. The van der Waals surface area contributed by atoms with Crippen LogP contribution in [0.5, 0.6) is 0 Å². The zero-order valence-corrected chi connectivity index (χ0v) is 19.1. The number of aryl methyl sites for hydroxylation is 1. The van der Waals surface area contributed by atoms with E-state index in [1.54, 1.807) is 0 Å². The molecule has 4 aliphatic carbocycles. The van der Waals surface area contributed by atoms with E-state index in [2.05, 4.69) is 50.0 Å². The third-order valence-corrected chi connectivity index (χ3v) is 9.09. The van der Waals surface area contributed by atoms with Gasteiger partial charge in [-0.1, -0.05) is 69.9 Å². The summed E-state index contributed by atoms with van der Waals surface area (Å²) in [6.07, 6.45) is 21.1. The van der Waals surface area contributed by atoms with E-state index < -0.39 is 0 Å². The summed E-state index contributed by atoms with van der Waals surface area (Å²) in [6, 6.07) is 9.12. The lowest BCUT2D eigenvalue weighted by Gasteiger charge is -2.56. The van der Waals surface area contributed by atoms with Gasteiger partial charge >= 0.3 is 0 Å². The first kappa shape index (κ1) is 21.0. The molecule has 0 amide bonds. The smallest absolute Gasteiger partial charge is 0.0319 e. The van der Waals surface area contributed by atoms with Crippen molar-refractivity contribution in [2.24, 2.45) is 22.7 Å². The van der Waals surface area contributed by atoms with E-state index in [0.29, 0.717) is 10.8 Å². The Morgan fingerprint density at radius 1 is 0.828 bits per heavy atom. The maximum Gasteiger partial charge on any atom is 0.0319 e. The molecule has 0 saturated heterocycles. The van der Waals surface area contributed by atoms with Crippen LogP contribution in [-0.2, 0) is 6.42 Å². The molecule has 0 heteroatoms. The highest BCUT2D eigenvalue weighted by molar-refractivity contribution is 5.38. The van der Waals surface area contributed by atoms with E-state index in [1.165, 1.54) is 107 Å². The molecule has 158 valence electrons. The molecule has 4 aliphatic rings. The van der Waals surface area contributed by atoms with Gasteiger partial charge in [0.25, 0.3) is 0 Å². The van der Waals surface area contributed by atoms with Gasteiger partial charge in [0, 0.05) is 11.0 Å². The molecule has 0 aliphatic heterocycles. The van der Waals surface area contributed by atoms with E-state index in [-0.39, 0.29) is 0 Å². The first-order valence-electron chi connectivity index (χ1n) is 12.8. The predicted molar refractivity (Wildman–Crippen MR) is 125 cm³/mol. The lowest BCUT2D eigenvalue weighted by Crippen LogP contribution is -2.45. The molecule has 0 N–H and O–H groups in total. The molecular weight excluding hydrogens is 348 g/mol. The summed E-state index contributed by atoms with van der Waals surface area (Å²) >= 11 is 0. The molecule has 0 unspecified atom stereocenters. The van der Waals surface area contributed by atoms with Gasteiger partial charge in [-0.15, -0.1) is 0 Å². The minimum atomic E-state index is 0.335. The number of unbranched alkanes of at least 4 members (excludes halogenated alkanes) is 2. The van der Waals surface area contributed by atoms with Crippen LogP contribution in [-0.4, -0.2) is 0 Å². The van der Waals surface area contributed by atoms with Crippen molar-refractivity contribution in [3.05, 3.63) is 35.4 Å². The minimum absolute atomic E-state index is 0.335. The maximum absolute atomic E-state index is 3.80. The number of rotatable bonds is 6. The summed E-state index contributed by atoms with van der Waals surface area (Å²) in [5, 5.41) is 0. The summed E-state index contributed by atoms with van der Waals surface area (Å²) in [5.74, 6) is 9.43. The fraction of sp³-hybridized carbons (Fsp3) is 0.724. The van der Waals surface area contributed by atoms with Crippen molar-refractivity contribution in [2.75, 3.05) is 0 Å². The number of fused-ring (bicyclic) bond motifs is 3. The van der Waals surface area contributed by atoms with Crippen LogP contribution in [0.1, 0.15) is 115 Å². The molecular formula is C29H42. The Labute approximate surface area is 180 Å². The van der Waals surface area contributed by atoms with Crippen LogP contribution < -0.4 is 0 Å². The van der Waals surface area contributed by atoms with Crippen LogP contribution in [0.15, 0.2) is 24.3 Å². The fourth-order valence-electron chi connectivity index (χ4n) is 6.74. The molecule has 0 aromatic heterocycles. The van der Waals surface area contributed by atoms with Crippen molar-refractivity contribution in [3.8, 4) is 11.8 Å². The average Bonchev–Trinajstić information content (AvgIpc) is 2.80. The second-order valence-corrected chi connectivity index (χ2v) is 10.7. The highest BCUT2D eigenvalue weighted by Gasteiger charge is 2.51. The molecule has 0 heterocycles. The van der Waals surface area contributed by atoms with Crippen LogP contribution in [0.2, 0.25) is 0 Å². The van der Waals surface area contributed by atoms with Gasteiger partial charge in [-0.05, 0) is 99.2 Å². The molecule has 4 fully saturated rings. The first-order valence-corrected chi connectivity index (χ1v) is 12.8. The first-order chi connectivity index (χ1) is 14.2. The third-order valence-electron chi connectivity index (χ3n) is 9.09. The van der Waals surface area contributed by atoms with Crippen LogP contribution >= 0.6 is 0 Å². The van der Waals surface area contributed by atoms with Crippen LogP contribution in [0.3, 0.4) is 0 Å².